The van der Waals surface area contributed by atoms with Gasteiger partial charge in [-0.2, -0.15) is 0 Å². The van der Waals surface area contributed by atoms with Crippen molar-refractivity contribution in [3.05, 3.63) is 206 Å². The maximum Gasteiger partial charge on any atom is 0.0542 e. The van der Waals surface area contributed by atoms with Crippen LogP contribution in [-0.4, -0.2) is 4.57 Å². The van der Waals surface area contributed by atoms with Gasteiger partial charge < -0.3 is 9.47 Å². The van der Waals surface area contributed by atoms with Gasteiger partial charge in [0.25, 0.3) is 0 Å². The van der Waals surface area contributed by atoms with Crippen molar-refractivity contribution in [2.24, 2.45) is 0 Å². The van der Waals surface area contributed by atoms with E-state index < -0.39 is 0 Å². The van der Waals surface area contributed by atoms with Crippen LogP contribution in [0.3, 0.4) is 0 Å². The molecule has 0 atom stereocenters. The summed E-state index contributed by atoms with van der Waals surface area (Å²) >= 11 is 0. The quantitative estimate of drug-likeness (QED) is 0.169. The lowest BCUT2D eigenvalue weighted by Crippen LogP contribution is -2.09. The summed E-state index contributed by atoms with van der Waals surface area (Å²) in [4.78, 5) is 2.35. The minimum atomic E-state index is 1.11. The van der Waals surface area contributed by atoms with Crippen LogP contribution in [0.25, 0.3) is 60.9 Å². The van der Waals surface area contributed by atoms with E-state index in [0.29, 0.717) is 0 Å². The molecular formula is C48H34N2. The number of benzene rings is 8. The third-order valence-electron chi connectivity index (χ3n) is 9.59. The molecule has 236 valence electrons. The largest absolute Gasteiger partial charge is 0.310 e. The number of para-hydroxylation sites is 3. The number of nitrogens with zero attached hydrogens (tertiary/aromatic N) is 2. The van der Waals surface area contributed by atoms with Crippen molar-refractivity contribution in [2.45, 2.75) is 0 Å². The van der Waals surface area contributed by atoms with E-state index in [-0.39, 0.29) is 0 Å². The number of rotatable bonds is 7. The molecule has 0 spiro atoms. The molecule has 0 aliphatic heterocycles. The number of anilines is 3. The van der Waals surface area contributed by atoms with Crippen LogP contribution < -0.4 is 4.90 Å². The van der Waals surface area contributed by atoms with E-state index in [1.165, 1.54) is 55.2 Å². The second kappa shape index (κ2) is 12.8. The summed E-state index contributed by atoms with van der Waals surface area (Å²) in [5, 5.41) is 2.47. The van der Waals surface area contributed by atoms with Crippen LogP contribution in [0.4, 0.5) is 17.1 Å². The van der Waals surface area contributed by atoms with E-state index in [9.17, 15) is 0 Å². The first-order valence-corrected chi connectivity index (χ1v) is 17.1. The van der Waals surface area contributed by atoms with Crippen LogP contribution in [0.5, 0.6) is 0 Å². The van der Waals surface area contributed by atoms with Crippen molar-refractivity contribution in [3.63, 3.8) is 0 Å². The van der Waals surface area contributed by atoms with Crippen molar-refractivity contribution >= 4 is 38.9 Å². The van der Waals surface area contributed by atoms with Gasteiger partial charge >= 0.3 is 0 Å². The molecule has 0 radical (unpaired) electrons. The first kappa shape index (κ1) is 29.5. The van der Waals surface area contributed by atoms with E-state index in [2.05, 4.69) is 216 Å². The molecule has 2 heteroatoms. The van der Waals surface area contributed by atoms with Gasteiger partial charge in [0.1, 0.15) is 0 Å². The summed E-state index contributed by atoms with van der Waals surface area (Å²) < 4.78 is 2.36. The van der Waals surface area contributed by atoms with Crippen LogP contribution >= 0.6 is 0 Å². The zero-order chi connectivity index (χ0) is 33.3. The Hall–Kier alpha value is -6.64. The predicted octanol–water partition coefficient (Wildman–Crippen LogP) is 13.3. The SMILES string of the molecule is c1ccc(-c2ccc(-c3ccc(N(c4ccccc4)c4ccc5c(c4)c4ccccc4n5-c4ccccc4)cc3)cc2-c2ccccc2)cc1. The zero-order valence-corrected chi connectivity index (χ0v) is 27.5. The molecule has 0 aliphatic rings. The summed E-state index contributed by atoms with van der Waals surface area (Å²) in [5.74, 6) is 0. The minimum Gasteiger partial charge on any atom is -0.310 e. The Balaban J connectivity index is 1.14. The Morgan fingerprint density at radius 2 is 0.820 bits per heavy atom. The third-order valence-corrected chi connectivity index (χ3v) is 9.59. The number of hydrogen-bond donors (Lipinski definition) is 0. The van der Waals surface area contributed by atoms with Crippen molar-refractivity contribution in [3.8, 4) is 39.1 Å². The van der Waals surface area contributed by atoms with Crippen molar-refractivity contribution in [1.82, 2.24) is 4.57 Å². The molecule has 0 saturated carbocycles. The lowest BCUT2D eigenvalue weighted by Gasteiger charge is -2.26. The molecule has 2 nitrogen and oxygen atoms in total. The van der Waals surface area contributed by atoms with Gasteiger partial charge in [0.2, 0.25) is 0 Å². The average molecular weight is 639 g/mol. The summed E-state index contributed by atoms with van der Waals surface area (Å²) in [6, 6.07) is 74.0. The molecule has 9 aromatic rings. The highest BCUT2D eigenvalue weighted by Gasteiger charge is 2.18. The molecule has 50 heavy (non-hydrogen) atoms. The Bertz CT molecular complexity index is 2550. The Labute approximate surface area is 292 Å². The fraction of sp³-hybridized carbons (Fsp3) is 0. The van der Waals surface area contributed by atoms with E-state index in [4.69, 9.17) is 0 Å². The third kappa shape index (κ3) is 5.34. The molecule has 0 bridgehead atoms. The van der Waals surface area contributed by atoms with Crippen LogP contribution in [0.2, 0.25) is 0 Å². The Kier molecular flexibility index (Phi) is 7.53. The topological polar surface area (TPSA) is 8.17 Å². The standard InChI is InChI=1S/C48H34N2/c1-5-15-36(16-6-1)43-31-27-38(33-45(43)37-17-7-2-8-18-37)35-25-28-41(29-26-35)49(39-19-9-3-10-20-39)42-30-32-48-46(34-42)44-23-13-14-24-47(44)50(48)40-21-11-4-12-22-40/h1-34H. The summed E-state index contributed by atoms with van der Waals surface area (Å²) in [7, 11) is 0. The number of fused-ring (bicyclic) bond motifs is 3. The fourth-order valence-corrected chi connectivity index (χ4v) is 7.23. The minimum absolute atomic E-state index is 1.11. The Morgan fingerprint density at radius 1 is 0.300 bits per heavy atom. The lowest BCUT2D eigenvalue weighted by atomic mass is 9.91. The van der Waals surface area contributed by atoms with Crippen molar-refractivity contribution in [1.29, 1.82) is 0 Å². The molecule has 9 rings (SSSR count). The second-order valence-corrected chi connectivity index (χ2v) is 12.6. The Morgan fingerprint density at radius 3 is 1.52 bits per heavy atom. The predicted molar refractivity (Wildman–Crippen MR) is 212 cm³/mol. The summed E-state index contributed by atoms with van der Waals surface area (Å²) in [5.41, 5.74) is 14.2. The molecule has 0 unspecified atom stereocenters. The molecule has 1 aromatic heterocycles. The van der Waals surface area contributed by atoms with Crippen LogP contribution in [0.1, 0.15) is 0 Å². The van der Waals surface area contributed by atoms with Crippen LogP contribution in [0.15, 0.2) is 206 Å². The smallest absolute Gasteiger partial charge is 0.0542 e. The molecule has 0 fully saturated rings. The van der Waals surface area contributed by atoms with Gasteiger partial charge in [-0.3, -0.25) is 0 Å². The van der Waals surface area contributed by atoms with Crippen molar-refractivity contribution < 1.29 is 0 Å². The van der Waals surface area contributed by atoms with Gasteiger partial charge in [-0.05, 0) is 100 Å². The monoisotopic (exact) mass is 638 g/mol. The van der Waals surface area contributed by atoms with Crippen LogP contribution in [0, 0.1) is 0 Å². The normalized spacial score (nSPS) is 11.2. The van der Waals surface area contributed by atoms with Gasteiger partial charge in [0.05, 0.1) is 11.0 Å². The van der Waals surface area contributed by atoms with E-state index >= 15 is 0 Å². The summed E-state index contributed by atoms with van der Waals surface area (Å²) in [6.45, 7) is 0. The first-order valence-electron chi connectivity index (χ1n) is 17.1. The van der Waals surface area contributed by atoms with Gasteiger partial charge in [-0.15, -0.1) is 0 Å². The second-order valence-electron chi connectivity index (χ2n) is 12.6. The maximum atomic E-state index is 2.36. The molecule has 1 heterocycles. The van der Waals surface area contributed by atoms with Gasteiger partial charge in [-0.1, -0.05) is 140 Å². The highest BCUT2D eigenvalue weighted by atomic mass is 15.1. The highest BCUT2D eigenvalue weighted by molar-refractivity contribution is 6.10. The molecule has 0 amide bonds. The molecular weight excluding hydrogens is 605 g/mol. The lowest BCUT2D eigenvalue weighted by molar-refractivity contribution is 1.18. The molecule has 0 N–H and O–H groups in total. The number of aromatic nitrogens is 1. The zero-order valence-electron chi connectivity index (χ0n) is 27.5. The average Bonchev–Trinajstić information content (AvgIpc) is 3.53. The fourth-order valence-electron chi connectivity index (χ4n) is 7.23. The van der Waals surface area contributed by atoms with Gasteiger partial charge in [0, 0.05) is 33.5 Å². The maximum absolute atomic E-state index is 2.36. The molecule has 8 aromatic carbocycles. The summed E-state index contributed by atoms with van der Waals surface area (Å²) in [6.07, 6.45) is 0. The van der Waals surface area contributed by atoms with Gasteiger partial charge in [0.15, 0.2) is 0 Å². The van der Waals surface area contributed by atoms with Crippen molar-refractivity contribution in [2.75, 3.05) is 4.90 Å². The highest BCUT2D eigenvalue weighted by Crippen LogP contribution is 2.41. The molecule has 0 aliphatic carbocycles. The van der Waals surface area contributed by atoms with Gasteiger partial charge in [-0.25, -0.2) is 0 Å². The molecule has 0 saturated heterocycles. The first-order chi connectivity index (χ1) is 24.8. The van der Waals surface area contributed by atoms with E-state index in [1.54, 1.807) is 0 Å². The number of hydrogen-bond acceptors (Lipinski definition) is 1. The van der Waals surface area contributed by atoms with E-state index in [1.807, 2.05) is 0 Å². The van der Waals surface area contributed by atoms with Crippen LogP contribution in [-0.2, 0) is 0 Å². The van der Waals surface area contributed by atoms with E-state index in [0.717, 1.165) is 22.7 Å².